The largest absolute Gasteiger partial charge is 0.393 e. The molecular formula is C19H24O2S. The van der Waals surface area contributed by atoms with E-state index in [1.165, 1.54) is 0 Å². The number of benzene rings is 2. The van der Waals surface area contributed by atoms with Crippen molar-refractivity contribution in [2.75, 3.05) is 0 Å². The molecule has 0 aliphatic rings. The molecule has 0 saturated carbocycles. The van der Waals surface area contributed by atoms with Gasteiger partial charge in [-0.1, -0.05) is 49.2 Å². The van der Waals surface area contributed by atoms with E-state index in [9.17, 15) is 9.32 Å². The predicted molar refractivity (Wildman–Crippen MR) is 91.6 cm³/mol. The topological polar surface area (TPSA) is 37.3 Å². The third-order valence-electron chi connectivity index (χ3n) is 3.94. The first-order chi connectivity index (χ1) is 10.5. The summed E-state index contributed by atoms with van der Waals surface area (Å²) in [6.45, 7) is 5.94. The van der Waals surface area contributed by atoms with E-state index in [2.05, 4.69) is 6.92 Å². The van der Waals surface area contributed by atoms with E-state index < -0.39 is 16.9 Å². The van der Waals surface area contributed by atoms with E-state index in [4.69, 9.17) is 0 Å². The third-order valence-corrected chi connectivity index (χ3v) is 5.41. The minimum Gasteiger partial charge on any atom is -0.393 e. The lowest BCUT2D eigenvalue weighted by molar-refractivity contribution is 0.156. The first-order valence-electron chi connectivity index (χ1n) is 7.80. The molecule has 0 radical (unpaired) electrons. The number of aliphatic hydroxyl groups is 1. The van der Waals surface area contributed by atoms with Gasteiger partial charge < -0.3 is 5.11 Å². The van der Waals surface area contributed by atoms with Crippen molar-refractivity contribution in [1.29, 1.82) is 0 Å². The zero-order valence-corrected chi connectivity index (χ0v) is 14.3. The molecule has 0 unspecified atom stereocenters. The van der Waals surface area contributed by atoms with Crippen LogP contribution in [-0.4, -0.2) is 15.4 Å². The molecule has 0 saturated heterocycles. The van der Waals surface area contributed by atoms with E-state index in [0.29, 0.717) is 0 Å². The predicted octanol–water partition coefficient (Wildman–Crippen LogP) is 4.43. The fourth-order valence-corrected chi connectivity index (χ4v) is 3.98. The van der Waals surface area contributed by atoms with Gasteiger partial charge in [0.05, 0.1) is 16.9 Å². The lowest BCUT2D eigenvalue weighted by Gasteiger charge is -2.22. The summed E-state index contributed by atoms with van der Waals surface area (Å²) in [6.07, 6.45) is 1.43. The van der Waals surface area contributed by atoms with Crippen LogP contribution in [0.3, 0.4) is 0 Å². The molecule has 1 N–H and O–H groups in total. The van der Waals surface area contributed by atoms with Crippen LogP contribution < -0.4 is 0 Å². The maximum atomic E-state index is 12.9. The molecule has 2 nitrogen and oxygen atoms in total. The Morgan fingerprint density at radius 3 is 2.32 bits per heavy atom. The second kappa shape index (κ2) is 7.70. The number of hydrogen-bond donors (Lipinski definition) is 1. The number of hydrogen-bond acceptors (Lipinski definition) is 2. The molecule has 3 heteroatoms. The van der Waals surface area contributed by atoms with Gasteiger partial charge in [-0.15, -0.1) is 0 Å². The van der Waals surface area contributed by atoms with Crippen molar-refractivity contribution in [2.45, 2.75) is 55.4 Å². The Morgan fingerprint density at radius 1 is 1.09 bits per heavy atom. The van der Waals surface area contributed by atoms with Crippen LogP contribution in [0, 0.1) is 6.92 Å². The number of aliphatic hydroxyl groups excluding tert-OH is 1. The molecule has 0 bridgehead atoms. The average molecular weight is 316 g/mol. The zero-order valence-electron chi connectivity index (χ0n) is 13.5. The summed E-state index contributed by atoms with van der Waals surface area (Å²) in [6, 6.07) is 15.6. The van der Waals surface area contributed by atoms with Crippen molar-refractivity contribution in [3.8, 4) is 0 Å². The van der Waals surface area contributed by atoms with E-state index in [-0.39, 0.29) is 5.92 Å². The molecule has 0 aliphatic carbocycles. The van der Waals surface area contributed by atoms with Crippen LogP contribution in [0.5, 0.6) is 0 Å². The molecule has 0 spiro atoms. The normalized spacial score (nSPS) is 15.3. The van der Waals surface area contributed by atoms with Gasteiger partial charge in [0.1, 0.15) is 0 Å². The molecule has 2 aromatic rings. The molecule has 2 rings (SSSR count). The molecule has 0 aromatic heterocycles. The Kier molecular flexibility index (Phi) is 5.92. The number of rotatable bonds is 6. The summed E-state index contributed by atoms with van der Waals surface area (Å²) in [5.74, 6) is 0.0237. The zero-order chi connectivity index (χ0) is 16.1. The van der Waals surface area contributed by atoms with Gasteiger partial charge in [-0.3, -0.25) is 0 Å². The van der Waals surface area contributed by atoms with Gasteiger partial charge in [-0.05, 0) is 44.0 Å². The summed E-state index contributed by atoms with van der Waals surface area (Å²) in [5, 5.41) is 10.1. The van der Waals surface area contributed by atoms with Crippen molar-refractivity contribution in [3.05, 3.63) is 59.7 Å². The third kappa shape index (κ3) is 3.84. The Labute approximate surface area is 135 Å². The Bertz CT molecular complexity index is 632. The quantitative estimate of drug-likeness (QED) is 0.856. The summed E-state index contributed by atoms with van der Waals surface area (Å²) >= 11 is 0. The highest BCUT2D eigenvalue weighted by Gasteiger charge is 2.22. The van der Waals surface area contributed by atoms with Crippen molar-refractivity contribution in [3.63, 3.8) is 0 Å². The molecule has 0 fully saturated rings. The summed E-state index contributed by atoms with van der Waals surface area (Å²) in [7, 11) is -1.22. The molecule has 0 aliphatic heterocycles. The first-order valence-corrected chi connectivity index (χ1v) is 8.95. The lowest BCUT2D eigenvalue weighted by Crippen LogP contribution is -2.16. The van der Waals surface area contributed by atoms with E-state index in [1.54, 1.807) is 0 Å². The van der Waals surface area contributed by atoms with E-state index >= 15 is 0 Å². The molecule has 118 valence electrons. The Balaban J connectivity index is 2.43. The van der Waals surface area contributed by atoms with Crippen LogP contribution in [0.25, 0.3) is 0 Å². The molecular weight excluding hydrogens is 292 g/mol. The highest BCUT2D eigenvalue weighted by atomic mass is 32.2. The molecule has 2 aromatic carbocycles. The average Bonchev–Trinajstić information content (AvgIpc) is 2.52. The van der Waals surface area contributed by atoms with Gasteiger partial charge >= 0.3 is 0 Å². The summed E-state index contributed by atoms with van der Waals surface area (Å²) < 4.78 is 12.9. The highest BCUT2D eigenvalue weighted by molar-refractivity contribution is 7.85. The minimum absolute atomic E-state index is 0.0237. The maximum absolute atomic E-state index is 12.9. The fraction of sp³-hybridized carbons (Fsp3) is 0.368. The second-order valence-electron chi connectivity index (χ2n) is 5.76. The van der Waals surface area contributed by atoms with Crippen LogP contribution in [0.2, 0.25) is 0 Å². The number of aryl methyl sites for hydroxylation is 1. The fourth-order valence-electron chi connectivity index (χ4n) is 2.71. The molecule has 3 atom stereocenters. The van der Waals surface area contributed by atoms with Gasteiger partial charge in [-0.2, -0.15) is 0 Å². The van der Waals surface area contributed by atoms with Crippen LogP contribution in [0.4, 0.5) is 0 Å². The lowest BCUT2D eigenvalue weighted by atomic mass is 9.90. The maximum Gasteiger partial charge on any atom is 0.0852 e. The first kappa shape index (κ1) is 16.9. The van der Waals surface area contributed by atoms with Crippen molar-refractivity contribution >= 4 is 10.8 Å². The highest BCUT2D eigenvalue weighted by Crippen LogP contribution is 2.31. The van der Waals surface area contributed by atoms with Crippen molar-refractivity contribution in [1.82, 2.24) is 0 Å². The minimum atomic E-state index is -1.22. The van der Waals surface area contributed by atoms with Gasteiger partial charge in [-0.25, -0.2) is 4.21 Å². The smallest absolute Gasteiger partial charge is 0.0852 e. The molecule has 22 heavy (non-hydrogen) atoms. The molecule has 0 amide bonds. The van der Waals surface area contributed by atoms with Crippen molar-refractivity contribution < 1.29 is 9.32 Å². The molecule has 0 heterocycles. The van der Waals surface area contributed by atoms with Crippen molar-refractivity contribution in [2.24, 2.45) is 0 Å². The van der Waals surface area contributed by atoms with E-state index in [0.717, 1.165) is 33.8 Å². The van der Waals surface area contributed by atoms with Crippen LogP contribution >= 0.6 is 0 Å². The van der Waals surface area contributed by atoms with Gasteiger partial charge in [0.25, 0.3) is 0 Å². The van der Waals surface area contributed by atoms with Crippen LogP contribution in [0.1, 0.15) is 43.7 Å². The van der Waals surface area contributed by atoms with Gasteiger partial charge in [0.2, 0.25) is 0 Å². The van der Waals surface area contributed by atoms with Gasteiger partial charge in [0.15, 0.2) is 0 Å². The van der Waals surface area contributed by atoms with Crippen LogP contribution in [0.15, 0.2) is 58.3 Å². The summed E-state index contributed by atoms with van der Waals surface area (Å²) in [4.78, 5) is 1.62. The monoisotopic (exact) mass is 316 g/mol. The second-order valence-corrected chi connectivity index (χ2v) is 7.20. The standard InChI is InChI=1S/C19H24O2S/c1-4-7-17(15(3)20)18-8-5-6-9-19(18)22(21)16-12-10-14(2)11-13-16/h5-6,8-13,15,17,20H,4,7H2,1-3H3/t15-,17-,22+/m1/s1. The Hall–Kier alpha value is -1.45. The van der Waals surface area contributed by atoms with E-state index in [1.807, 2.05) is 62.4 Å². The Morgan fingerprint density at radius 2 is 1.73 bits per heavy atom. The van der Waals surface area contributed by atoms with Crippen LogP contribution in [-0.2, 0) is 10.8 Å². The SMILES string of the molecule is CCC[C@@H](c1ccccc1[S@@](=O)c1ccc(C)cc1)[C@@H](C)O. The van der Waals surface area contributed by atoms with Gasteiger partial charge in [0, 0.05) is 15.7 Å². The summed E-state index contributed by atoms with van der Waals surface area (Å²) in [5.41, 5.74) is 2.15.